The average molecular weight is 431 g/mol. The van der Waals surface area contributed by atoms with Gasteiger partial charge in [-0.25, -0.2) is 10.4 Å². The molecule has 12 atom stereocenters. The SMILES string of the molecule is C[C@H](C[NH+]([O-])O)O[C@@H]1O[C@H](CO)[C@@H](O)[C@@H](O[C@@H]2O[C@H](CO)[C@@H](O)[C@@H](O)[C@H]2O)[C@H]1O. The zero-order valence-corrected chi connectivity index (χ0v) is 15.6. The Hall–Kier alpha value is -0.560. The summed E-state index contributed by atoms with van der Waals surface area (Å²) in [4.78, 5) is 0. The van der Waals surface area contributed by atoms with Gasteiger partial charge in [-0.3, -0.25) is 0 Å². The predicted octanol–water partition coefficient (Wildman–Crippen LogP) is -6.21. The summed E-state index contributed by atoms with van der Waals surface area (Å²) in [6.45, 7) is -0.398. The van der Waals surface area contributed by atoms with Gasteiger partial charge in [0.1, 0.15) is 61.5 Å². The van der Waals surface area contributed by atoms with Crippen molar-refractivity contribution in [2.75, 3.05) is 19.8 Å². The zero-order valence-electron chi connectivity index (χ0n) is 15.6. The molecular weight excluding hydrogens is 402 g/mol. The van der Waals surface area contributed by atoms with Gasteiger partial charge in [0.15, 0.2) is 12.6 Å². The molecule has 2 rings (SSSR count). The first kappa shape index (κ1) is 24.7. The number of hydrogen-bond donors (Lipinski definition) is 9. The first-order valence-corrected chi connectivity index (χ1v) is 9.06. The van der Waals surface area contributed by atoms with Gasteiger partial charge in [0.05, 0.1) is 13.2 Å². The van der Waals surface area contributed by atoms with E-state index in [0.29, 0.717) is 0 Å². The number of rotatable bonds is 8. The number of aliphatic hydroxyl groups is 7. The molecule has 172 valence electrons. The Labute approximate surface area is 165 Å². The maximum atomic E-state index is 10.8. The molecule has 2 aliphatic heterocycles. The molecule has 0 spiro atoms. The second-order valence-electron chi connectivity index (χ2n) is 7.05. The topological polar surface area (TPSA) is 226 Å². The molecule has 14 heteroatoms. The first-order valence-electron chi connectivity index (χ1n) is 9.06. The molecule has 0 aliphatic carbocycles. The van der Waals surface area contributed by atoms with Crippen LogP contribution in [0.4, 0.5) is 0 Å². The van der Waals surface area contributed by atoms with Crippen LogP contribution in [0.3, 0.4) is 0 Å². The molecule has 0 aromatic heterocycles. The normalized spacial score (nSPS) is 45.7. The largest absolute Gasteiger partial charge is 0.600 e. The minimum atomic E-state index is -1.78. The van der Waals surface area contributed by atoms with E-state index in [0.717, 1.165) is 0 Å². The highest BCUT2D eigenvalue weighted by atomic mass is 16.8. The van der Waals surface area contributed by atoms with Crippen molar-refractivity contribution in [1.29, 1.82) is 0 Å². The van der Waals surface area contributed by atoms with E-state index < -0.39 is 92.5 Å². The van der Waals surface area contributed by atoms with E-state index in [2.05, 4.69) is 0 Å². The van der Waals surface area contributed by atoms with Crippen molar-refractivity contribution in [2.45, 2.75) is 74.4 Å². The fraction of sp³-hybridized carbons (Fsp3) is 1.00. The van der Waals surface area contributed by atoms with Crippen LogP contribution in [0.25, 0.3) is 0 Å². The van der Waals surface area contributed by atoms with Gasteiger partial charge in [-0.1, -0.05) is 0 Å². The van der Waals surface area contributed by atoms with Crippen LogP contribution in [-0.2, 0) is 18.9 Å². The summed E-state index contributed by atoms with van der Waals surface area (Å²) in [5.74, 6) is 0. The van der Waals surface area contributed by atoms with Crippen LogP contribution < -0.4 is 5.23 Å². The minimum absolute atomic E-state index is 0.406. The van der Waals surface area contributed by atoms with Gasteiger partial charge in [-0.2, -0.15) is 0 Å². The summed E-state index contributed by atoms with van der Waals surface area (Å²) in [5.41, 5.74) is 0. The number of aliphatic hydroxyl groups excluding tert-OH is 7. The number of ether oxygens (including phenoxy) is 4. The van der Waals surface area contributed by atoms with E-state index in [1.807, 2.05) is 0 Å². The Morgan fingerprint density at radius 3 is 1.97 bits per heavy atom. The molecular formula is C15H29NO13. The highest BCUT2D eigenvalue weighted by Crippen LogP contribution is 2.29. The molecule has 29 heavy (non-hydrogen) atoms. The second-order valence-corrected chi connectivity index (χ2v) is 7.05. The van der Waals surface area contributed by atoms with Gasteiger partial charge in [-0.15, -0.1) is 0 Å². The van der Waals surface area contributed by atoms with Crippen LogP contribution in [-0.4, -0.2) is 128 Å². The number of nitrogens with one attached hydrogen (secondary N) is 1. The Kier molecular flexibility index (Phi) is 9.07. The van der Waals surface area contributed by atoms with Gasteiger partial charge in [-0.05, 0) is 6.92 Å². The van der Waals surface area contributed by atoms with Crippen molar-refractivity contribution in [3.63, 3.8) is 0 Å². The van der Waals surface area contributed by atoms with Crippen LogP contribution >= 0.6 is 0 Å². The minimum Gasteiger partial charge on any atom is -0.600 e. The third-order valence-electron chi connectivity index (χ3n) is 4.79. The molecule has 9 N–H and O–H groups in total. The van der Waals surface area contributed by atoms with Crippen LogP contribution in [0, 0.1) is 5.21 Å². The molecule has 0 aromatic carbocycles. The molecule has 2 heterocycles. The van der Waals surface area contributed by atoms with E-state index in [1.54, 1.807) is 0 Å². The quantitative estimate of drug-likeness (QED) is 0.163. The highest BCUT2D eigenvalue weighted by molar-refractivity contribution is 4.94. The maximum absolute atomic E-state index is 10.8. The molecule has 0 saturated carbocycles. The zero-order chi connectivity index (χ0) is 21.9. The Morgan fingerprint density at radius 2 is 1.41 bits per heavy atom. The number of hydrogen-bond acceptors (Lipinski definition) is 13. The van der Waals surface area contributed by atoms with E-state index in [4.69, 9.17) is 24.2 Å². The summed E-state index contributed by atoms with van der Waals surface area (Å²) >= 11 is 0. The lowest BCUT2D eigenvalue weighted by Gasteiger charge is -2.46. The van der Waals surface area contributed by atoms with Gasteiger partial charge in [0.2, 0.25) is 0 Å². The molecule has 2 fully saturated rings. The summed E-state index contributed by atoms with van der Waals surface area (Å²) in [7, 11) is 0. The van der Waals surface area contributed by atoms with Gasteiger partial charge < -0.3 is 59.9 Å². The predicted molar refractivity (Wildman–Crippen MR) is 87.9 cm³/mol. The van der Waals surface area contributed by atoms with Crippen molar-refractivity contribution in [2.24, 2.45) is 0 Å². The maximum Gasteiger partial charge on any atom is 0.187 e. The smallest absolute Gasteiger partial charge is 0.187 e. The fourth-order valence-electron chi connectivity index (χ4n) is 3.18. The fourth-order valence-corrected chi connectivity index (χ4v) is 3.18. The monoisotopic (exact) mass is 431 g/mol. The third-order valence-corrected chi connectivity index (χ3v) is 4.79. The molecule has 0 radical (unpaired) electrons. The van der Waals surface area contributed by atoms with E-state index in [1.165, 1.54) is 6.92 Å². The molecule has 0 amide bonds. The molecule has 1 unspecified atom stereocenters. The highest BCUT2D eigenvalue weighted by Gasteiger charge is 2.51. The standard InChI is InChI=1S/C15H29NO13/c1-5(2-16(24)25)26-15-12(23)13(9(20)7(4-18)28-15)29-14-11(22)10(21)8(19)6(3-17)27-14/h5-24H,2-4H2,1H3/t5-,6-,7-,8-,9-,10-,11-,12-,13-,14+,15-/m1/s1. The van der Waals surface area contributed by atoms with E-state index in [9.17, 15) is 41.0 Å². The van der Waals surface area contributed by atoms with Crippen LogP contribution in [0.15, 0.2) is 0 Å². The first-order chi connectivity index (χ1) is 13.6. The van der Waals surface area contributed by atoms with E-state index in [-0.39, 0.29) is 0 Å². The lowest BCUT2D eigenvalue weighted by atomic mass is 9.97. The van der Waals surface area contributed by atoms with Gasteiger partial charge >= 0.3 is 0 Å². The van der Waals surface area contributed by atoms with E-state index >= 15 is 0 Å². The van der Waals surface area contributed by atoms with Crippen LogP contribution in [0.2, 0.25) is 0 Å². The lowest BCUT2D eigenvalue weighted by Crippen LogP contribution is -3.05. The summed E-state index contributed by atoms with van der Waals surface area (Å²) in [6.07, 6.45) is -16.6. The van der Waals surface area contributed by atoms with Gasteiger partial charge in [0, 0.05) is 0 Å². The molecule has 0 bridgehead atoms. The third kappa shape index (κ3) is 5.78. The van der Waals surface area contributed by atoms with Crippen LogP contribution in [0.1, 0.15) is 6.92 Å². The van der Waals surface area contributed by atoms with Crippen molar-refractivity contribution in [3.05, 3.63) is 5.21 Å². The molecule has 2 saturated heterocycles. The van der Waals surface area contributed by atoms with Gasteiger partial charge in [0.25, 0.3) is 0 Å². The Balaban J connectivity index is 2.13. The van der Waals surface area contributed by atoms with Crippen molar-refractivity contribution < 1.29 is 65.1 Å². The number of hydroxylamine groups is 2. The Bertz CT molecular complexity index is 497. The molecule has 14 nitrogen and oxygen atoms in total. The molecule has 2 aliphatic rings. The van der Waals surface area contributed by atoms with Crippen molar-refractivity contribution in [1.82, 2.24) is 0 Å². The summed E-state index contributed by atoms with van der Waals surface area (Å²) < 4.78 is 21.2. The Morgan fingerprint density at radius 1 is 0.862 bits per heavy atom. The van der Waals surface area contributed by atoms with Crippen LogP contribution in [0.5, 0.6) is 0 Å². The second kappa shape index (κ2) is 10.7. The van der Waals surface area contributed by atoms with Crippen molar-refractivity contribution in [3.8, 4) is 0 Å². The summed E-state index contributed by atoms with van der Waals surface area (Å²) in [6, 6.07) is 0. The summed E-state index contributed by atoms with van der Waals surface area (Å²) in [5, 5.41) is 87.7. The average Bonchev–Trinajstić information content (AvgIpc) is 2.66. The molecule has 0 aromatic rings. The van der Waals surface area contributed by atoms with Crippen molar-refractivity contribution >= 4 is 0 Å². The lowest BCUT2D eigenvalue weighted by molar-refractivity contribution is -1.05. The number of quaternary nitrogens is 1.